The highest BCUT2D eigenvalue weighted by Crippen LogP contribution is 2.37. The molecule has 0 aliphatic heterocycles. The average molecular weight is 326 g/mol. The van der Waals surface area contributed by atoms with Gasteiger partial charge in [-0.2, -0.15) is 0 Å². The summed E-state index contributed by atoms with van der Waals surface area (Å²) < 4.78 is 6.11. The Kier molecular flexibility index (Phi) is 4.75. The standard InChI is InChI=1S/C21H26O3/c1-20(2,3)15-9-12-17(21(4,5)6)18(13-15)24-16-10-7-14(8-11-16)19(22)23/h7-13H,1-6H3,(H,22,23). The Morgan fingerprint density at radius 3 is 1.92 bits per heavy atom. The van der Waals surface area contributed by atoms with Crippen LogP contribution in [0.5, 0.6) is 11.5 Å². The van der Waals surface area contributed by atoms with Crippen LogP contribution in [0.3, 0.4) is 0 Å². The first kappa shape index (κ1) is 18.1. The van der Waals surface area contributed by atoms with Crippen molar-refractivity contribution in [3.05, 3.63) is 59.2 Å². The van der Waals surface area contributed by atoms with E-state index in [0.717, 1.165) is 11.3 Å². The smallest absolute Gasteiger partial charge is 0.335 e. The molecule has 2 aromatic carbocycles. The fraction of sp³-hybridized carbons (Fsp3) is 0.381. The zero-order valence-corrected chi connectivity index (χ0v) is 15.3. The molecule has 0 amide bonds. The quantitative estimate of drug-likeness (QED) is 0.778. The molecule has 2 rings (SSSR count). The lowest BCUT2D eigenvalue weighted by atomic mass is 9.81. The number of hydrogen-bond acceptors (Lipinski definition) is 2. The molecule has 0 spiro atoms. The molecule has 1 N–H and O–H groups in total. The van der Waals surface area contributed by atoms with Gasteiger partial charge in [0.1, 0.15) is 11.5 Å². The van der Waals surface area contributed by atoms with Crippen LogP contribution in [0.4, 0.5) is 0 Å². The van der Waals surface area contributed by atoms with E-state index in [1.54, 1.807) is 24.3 Å². The van der Waals surface area contributed by atoms with Crippen LogP contribution in [0.1, 0.15) is 63.0 Å². The van der Waals surface area contributed by atoms with Gasteiger partial charge in [-0.25, -0.2) is 4.79 Å². The molecule has 24 heavy (non-hydrogen) atoms. The van der Waals surface area contributed by atoms with Crippen LogP contribution < -0.4 is 4.74 Å². The maximum absolute atomic E-state index is 11.0. The molecule has 0 saturated carbocycles. The molecular formula is C21H26O3. The van der Waals surface area contributed by atoms with Crippen molar-refractivity contribution in [3.63, 3.8) is 0 Å². The van der Waals surface area contributed by atoms with Crippen molar-refractivity contribution in [2.24, 2.45) is 0 Å². The first-order valence-electron chi connectivity index (χ1n) is 8.15. The Morgan fingerprint density at radius 2 is 1.46 bits per heavy atom. The molecule has 0 aliphatic rings. The molecule has 0 fully saturated rings. The van der Waals surface area contributed by atoms with E-state index < -0.39 is 5.97 Å². The third-order valence-corrected chi connectivity index (χ3v) is 3.98. The van der Waals surface area contributed by atoms with Gasteiger partial charge >= 0.3 is 5.97 Å². The van der Waals surface area contributed by atoms with Crippen molar-refractivity contribution < 1.29 is 14.6 Å². The monoisotopic (exact) mass is 326 g/mol. The molecule has 2 aromatic rings. The first-order chi connectivity index (χ1) is 11.0. The number of ether oxygens (including phenoxy) is 1. The van der Waals surface area contributed by atoms with Gasteiger partial charge in [0.25, 0.3) is 0 Å². The van der Waals surface area contributed by atoms with E-state index in [9.17, 15) is 4.79 Å². The highest BCUT2D eigenvalue weighted by atomic mass is 16.5. The van der Waals surface area contributed by atoms with Crippen LogP contribution in [-0.2, 0) is 10.8 Å². The summed E-state index contributed by atoms with van der Waals surface area (Å²) in [5.41, 5.74) is 2.56. The van der Waals surface area contributed by atoms with E-state index in [1.807, 2.05) is 0 Å². The fourth-order valence-corrected chi connectivity index (χ4v) is 2.49. The largest absolute Gasteiger partial charge is 0.478 e. The Bertz CT molecular complexity index is 729. The van der Waals surface area contributed by atoms with Crippen molar-refractivity contribution in [3.8, 4) is 11.5 Å². The van der Waals surface area contributed by atoms with Gasteiger partial charge in [-0.1, -0.05) is 53.7 Å². The van der Waals surface area contributed by atoms with Crippen molar-refractivity contribution in [1.29, 1.82) is 0 Å². The number of benzene rings is 2. The Hall–Kier alpha value is -2.29. The van der Waals surface area contributed by atoms with Gasteiger partial charge in [0, 0.05) is 5.56 Å². The predicted molar refractivity (Wildman–Crippen MR) is 97.3 cm³/mol. The van der Waals surface area contributed by atoms with Gasteiger partial charge in [0.15, 0.2) is 0 Å². The summed E-state index contributed by atoms with van der Waals surface area (Å²) >= 11 is 0. The lowest BCUT2D eigenvalue weighted by molar-refractivity contribution is 0.0697. The maximum Gasteiger partial charge on any atom is 0.335 e. The van der Waals surface area contributed by atoms with E-state index >= 15 is 0 Å². The van der Waals surface area contributed by atoms with Gasteiger partial charge in [-0.15, -0.1) is 0 Å². The van der Waals surface area contributed by atoms with Gasteiger partial charge in [-0.05, 0) is 46.7 Å². The van der Waals surface area contributed by atoms with Gasteiger partial charge < -0.3 is 9.84 Å². The predicted octanol–water partition coefficient (Wildman–Crippen LogP) is 5.77. The molecule has 0 unspecified atom stereocenters. The molecule has 0 aliphatic carbocycles. The third-order valence-electron chi connectivity index (χ3n) is 3.98. The molecule has 0 atom stereocenters. The van der Waals surface area contributed by atoms with E-state index in [4.69, 9.17) is 9.84 Å². The first-order valence-corrected chi connectivity index (χ1v) is 8.15. The minimum atomic E-state index is -0.938. The summed E-state index contributed by atoms with van der Waals surface area (Å²) in [6.07, 6.45) is 0. The molecule has 0 aromatic heterocycles. The van der Waals surface area contributed by atoms with Gasteiger partial charge in [0.05, 0.1) is 5.56 Å². The summed E-state index contributed by atoms with van der Waals surface area (Å²) in [5, 5.41) is 9.00. The normalized spacial score (nSPS) is 12.1. The van der Waals surface area contributed by atoms with Gasteiger partial charge in [-0.3, -0.25) is 0 Å². The molecule has 0 bridgehead atoms. The number of carboxylic acids is 1. The Labute approximate surface area is 144 Å². The third kappa shape index (κ3) is 4.16. The SMILES string of the molecule is CC(C)(C)c1ccc(C(C)(C)C)c(Oc2ccc(C(=O)O)cc2)c1. The Balaban J connectivity index is 2.44. The molecule has 0 radical (unpaired) electrons. The van der Waals surface area contributed by atoms with Crippen molar-refractivity contribution in [2.45, 2.75) is 52.4 Å². The topological polar surface area (TPSA) is 46.5 Å². The lowest BCUT2D eigenvalue weighted by Gasteiger charge is -2.26. The molecule has 128 valence electrons. The summed E-state index contributed by atoms with van der Waals surface area (Å²) in [7, 11) is 0. The second-order valence-corrected chi connectivity index (χ2v) is 8.14. The number of carboxylic acid groups (broad SMARTS) is 1. The van der Waals surface area contributed by atoms with E-state index in [2.05, 4.69) is 59.7 Å². The number of rotatable bonds is 3. The maximum atomic E-state index is 11.0. The lowest BCUT2D eigenvalue weighted by Crippen LogP contribution is -2.16. The summed E-state index contributed by atoms with van der Waals surface area (Å²) in [6.45, 7) is 13.0. The number of carbonyl (C=O) groups is 1. The van der Waals surface area contributed by atoms with Crippen molar-refractivity contribution in [2.75, 3.05) is 0 Å². The summed E-state index contributed by atoms with van der Waals surface area (Å²) in [6, 6.07) is 12.9. The molecular weight excluding hydrogens is 300 g/mol. The highest BCUT2D eigenvalue weighted by Gasteiger charge is 2.22. The van der Waals surface area contributed by atoms with Crippen LogP contribution in [0.2, 0.25) is 0 Å². The van der Waals surface area contributed by atoms with E-state index in [0.29, 0.717) is 5.75 Å². The van der Waals surface area contributed by atoms with Crippen molar-refractivity contribution >= 4 is 5.97 Å². The molecule has 3 heteroatoms. The van der Waals surface area contributed by atoms with E-state index in [-0.39, 0.29) is 16.4 Å². The van der Waals surface area contributed by atoms with Gasteiger partial charge in [0.2, 0.25) is 0 Å². The molecule has 0 saturated heterocycles. The van der Waals surface area contributed by atoms with Crippen LogP contribution in [0, 0.1) is 0 Å². The van der Waals surface area contributed by atoms with Crippen LogP contribution in [0.15, 0.2) is 42.5 Å². The Morgan fingerprint density at radius 1 is 0.875 bits per heavy atom. The molecule has 3 nitrogen and oxygen atoms in total. The minimum Gasteiger partial charge on any atom is -0.478 e. The second kappa shape index (κ2) is 6.31. The minimum absolute atomic E-state index is 0.0295. The summed E-state index contributed by atoms with van der Waals surface area (Å²) in [5.74, 6) is 0.515. The number of hydrogen-bond donors (Lipinski definition) is 1. The zero-order chi connectivity index (χ0) is 18.1. The van der Waals surface area contributed by atoms with Crippen molar-refractivity contribution in [1.82, 2.24) is 0 Å². The average Bonchev–Trinajstić information content (AvgIpc) is 2.45. The highest BCUT2D eigenvalue weighted by molar-refractivity contribution is 5.87. The number of aromatic carboxylic acids is 1. The fourth-order valence-electron chi connectivity index (χ4n) is 2.49. The van der Waals surface area contributed by atoms with Crippen LogP contribution in [-0.4, -0.2) is 11.1 Å². The second-order valence-electron chi connectivity index (χ2n) is 8.14. The summed E-state index contributed by atoms with van der Waals surface area (Å²) in [4.78, 5) is 11.0. The van der Waals surface area contributed by atoms with Crippen LogP contribution in [0.25, 0.3) is 0 Å². The molecule has 0 heterocycles. The van der Waals surface area contributed by atoms with E-state index in [1.165, 1.54) is 5.56 Å². The van der Waals surface area contributed by atoms with Crippen LogP contribution >= 0.6 is 0 Å². The zero-order valence-electron chi connectivity index (χ0n) is 15.3.